The second-order valence-electron chi connectivity index (χ2n) is 4.19. The second-order valence-corrected chi connectivity index (χ2v) is 5.44. The van der Waals surface area contributed by atoms with Gasteiger partial charge in [0.05, 0.1) is 0 Å². The molecule has 2 nitrogen and oxygen atoms in total. The van der Waals surface area contributed by atoms with Crippen molar-refractivity contribution in [3.63, 3.8) is 0 Å². The largest absolute Gasteiger partial charge is 0.486 e. The molecule has 2 aromatic rings. The van der Waals surface area contributed by atoms with Crippen LogP contribution in [0.3, 0.4) is 0 Å². The molecule has 2 aromatic carbocycles. The number of halogens is 2. The van der Waals surface area contributed by atoms with Gasteiger partial charge in [0.25, 0.3) is 0 Å². The fourth-order valence-corrected chi connectivity index (χ4v) is 2.34. The van der Waals surface area contributed by atoms with Crippen molar-refractivity contribution in [2.75, 3.05) is 6.54 Å². The van der Waals surface area contributed by atoms with Crippen LogP contribution in [0.4, 0.5) is 4.39 Å². The first-order valence-corrected chi connectivity index (χ1v) is 7.14. The molecular weight excluding hydrogens is 356 g/mol. The van der Waals surface area contributed by atoms with Crippen LogP contribution in [0.2, 0.25) is 0 Å². The molecule has 0 radical (unpaired) electrons. The molecule has 100 valence electrons. The van der Waals surface area contributed by atoms with Gasteiger partial charge >= 0.3 is 0 Å². The van der Waals surface area contributed by atoms with Crippen LogP contribution in [0, 0.1) is 9.39 Å². The standard InChI is InChI=1S/C15H15FINO/c16-12-6-4-11(5-7-12)15(8-9-18)19-14-3-1-2-13(17)10-14/h1-7,10,15H,8-9,18H2. The number of nitrogens with two attached hydrogens (primary N) is 1. The van der Waals surface area contributed by atoms with Crippen LogP contribution in [0.15, 0.2) is 48.5 Å². The molecule has 0 aliphatic heterocycles. The fraction of sp³-hybridized carbons (Fsp3) is 0.200. The first-order chi connectivity index (χ1) is 9.19. The molecule has 0 saturated carbocycles. The third-order valence-electron chi connectivity index (χ3n) is 2.75. The average molecular weight is 371 g/mol. The monoisotopic (exact) mass is 371 g/mol. The van der Waals surface area contributed by atoms with Crippen molar-refractivity contribution in [3.8, 4) is 5.75 Å². The zero-order chi connectivity index (χ0) is 13.7. The molecule has 0 aromatic heterocycles. The summed E-state index contributed by atoms with van der Waals surface area (Å²) in [5.74, 6) is 0.555. The van der Waals surface area contributed by atoms with Gasteiger partial charge in [0.15, 0.2) is 0 Å². The summed E-state index contributed by atoms with van der Waals surface area (Å²) >= 11 is 2.24. The Hall–Kier alpha value is -1.14. The number of hydrogen-bond acceptors (Lipinski definition) is 2. The van der Waals surface area contributed by atoms with E-state index in [1.165, 1.54) is 12.1 Å². The summed E-state index contributed by atoms with van der Waals surface area (Å²) in [5, 5.41) is 0. The summed E-state index contributed by atoms with van der Waals surface area (Å²) < 4.78 is 20.0. The average Bonchev–Trinajstić information content (AvgIpc) is 2.39. The van der Waals surface area contributed by atoms with Crippen molar-refractivity contribution >= 4 is 22.6 Å². The van der Waals surface area contributed by atoms with E-state index in [1.54, 1.807) is 12.1 Å². The lowest BCUT2D eigenvalue weighted by Crippen LogP contribution is -2.13. The maximum Gasteiger partial charge on any atom is 0.125 e. The number of ether oxygens (including phenoxy) is 1. The lowest BCUT2D eigenvalue weighted by atomic mass is 10.1. The Morgan fingerprint density at radius 3 is 2.53 bits per heavy atom. The van der Waals surface area contributed by atoms with Crippen LogP contribution >= 0.6 is 22.6 Å². The van der Waals surface area contributed by atoms with E-state index in [1.807, 2.05) is 24.3 Å². The Morgan fingerprint density at radius 1 is 1.16 bits per heavy atom. The van der Waals surface area contributed by atoms with Crippen LogP contribution in [-0.2, 0) is 0 Å². The van der Waals surface area contributed by atoms with E-state index in [0.29, 0.717) is 13.0 Å². The maximum atomic E-state index is 12.9. The molecule has 0 fully saturated rings. The third-order valence-corrected chi connectivity index (χ3v) is 3.42. The highest BCUT2D eigenvalue weighted by atomic mass is 127. The van der Waals surface area contributed by atoms with Crippen molar-refractivity contribution < 1.29 is 9.13 Å². The normalized spacial score (nSPS) is 12.2. The predicted molar refractivity (Wildman–Crippen MR) is 82.6 cm³/mol. The molecule has 0 aliphatic rings. The van der Waals surface area contributed by atoms with Crippen molar-refractivity contribution in [1.29, 1.82) is 0 Å². The molecule has 0 heterocycles. The highest BCUT2D eigenvalue weighted by Crippen LogP contribution is 2.25. The summed E-state index contributed by atoms with van der Waals surface area (Å²) in [4.78, 5) is 0. The maximum absolute atomic E-state index is 12.9. The fourth-order valence-electron chi connectivity index (χ4n) is 1.83. The van der Waals surface area contributed by atoms with E-state index in [-0.39, 0.29) is 11.9 Å². The summed E-state index contributed by atoms with van der Waals surface area (Å²) in [6, 6.07) is 14.2. The molecule has 1 unspecified atom stereocenters. The number of benzene rings is 2. The molecule has 4 heteroatoms. The van der Waals surface area contributed by atoms with Crippen molar-refractivity contribution in [3.05, 3.63) is 63.5 Å². The molecule has 2 rings (SSSR count). The zero-order valence-corrected chi connectivity index (χ0v) is 12.5. The molecule has 0 aliphatic carbocycles. The molecule has 1 atom stereocenters. The molecule has 0 spiro atoms. The van der Waals surface area contributed by atoms with Gasteiger partial charge in [-0.15, -0.1) is 0 Å². The van der Waals surface area contributed by atoms with E-state index in [4.69, 9.17) is 10.5 Å². The minimum absolute atomic E-state index is 0.149. The first-order valence-electron chi connectivity index (χ1n) is 6.07. The SMILES string of the molecule is NCCC(Oc1cccc(I)c1)c1ccc(F)cc1. The topological polar surface area (TPSA) is 35.2 Å². The minimum atomic E-state index is -0.246. The van der Waals surface area contributed by atoms with Gasteiger partial charge in [-0.2, -0.15) is 0 Å². The predicted octanol–water partition coefficient (Wildman–Crippen LogP) is 3.90. The van der Waals surface area contributed by atoms with Crippen LogP contribution in [-0.4, -0.2) is 6.54 Å². The van der Waals surface area contributed by atoms with Crippen molar-refractivity contribution in [2.45, 2.75) is 12.5 Å². The van der Waals surface area contributed by atoms with Gasteiger partial charge in [-0.3, -0.25) is 0 Å². The van der Waals surface area contributed by atoms with Crippen LogP contribution in [0.1, 0.15) is 18.1 Å². The lowest BCUT2D eigenvalue weighted by Gasteiger charge is -2.19. The summed E-state index contributed by atoms with van der Waals surface area (Å²) in [7, 11) is 0. The van der Waals surface area contributed by atoms with Crippen LogP contribution in [0.25, 0.3) is 0 Å². The van der Waals surface area contributed by atoms with Crippen LogP contribution in [0.5, 0.6) is 5.75 Å². The van der Waals surface area contributed by atoms with Gasteiger partial charge in [0.1, 0.15) is 17.7 Å². The second kappa shape index (κ2) is 6.86. The van der Waals surface area contributed by atoms with E-state index >= 15 is 0 Å². The highest BCUT2D eigenvalue weighted by molar-refractivity contribution is 14.1. The Balaban J connectivity index is 2.18. The van der Waals surface area contributed by atoms with Crippen molar-refractivity contribution in [1.82, 2.24) is 0 Å². The van der Waals surface area contributed by atoms with E-state index in [2.05, 4.69) is 22.6 Å². The summed E-state index contributed by atoms with van der Waals surface area (Å²) in [5.41, 5.74) is 6.56. The molecule has 0 saturated heterocycles. The Morgan fingerprint density at radius 2 is 1.89 bits per heavy atom. The lowest BCUT2D eigenvalue weighted by molar-refractivity contribution is 0.197. The minimum Gasteiger partial charge on any atom is -0.486 e. The zero-order valence-electron chi connectivity index (χ0n) is 10.4. The Labute approximate surface area is 125 Å². The van der Waals surface area contributed by atoms with E-state index < -0.39 is 0 Å². The van der Waals surface area contributed by atoms with E-state index in [9.17, 15) is 4.39 Å². The molecule has 0 bridgehead atoms. The molecular formula is C15H15FINO. The van der Waals surface area contributed by atoms with Gasteiger partial charge in [0, 0.05) is 9.99 Å². The highest BCUT2D eigenvalue weighted by Gasteiger charge is 2.13. The third kappa shape index (κ3) is 4.18. The molecule has 0 amide bonds. The Kier molecular flexibility index (Phi) is 5.15. The first kappa shape index (κ1) is 14.3. The van der Waals surface area contributed by atoms with Gasteiger partial charge in [-0.1, -0.05) is 18.2 Å². The van der Waals surface area contributed by atoms with Crippen molar-refractivity contribution in [2.24, 2.45) is 5.73 Å². The summed E-state index contributed by atoms with van der Waals surface area (Å²) in [6.45, 7) is 0.520. The van der Waals surface area contributed by atoms with E-state index in [0.717, 1.165) is 14.9 Å². The van der Waals surface area contributed by atoms with Gasteiger partial charge in [-0.25, -0.2) is 4.39 Å². The Bertz CT molecular complexity index is 530. The number of rotatable bonds is 5. The summed E-state index contributed by atoms with van der Waals surface area (Å²) in [6.07, 6.45) is 0.542. The van der Waals surface area contributed by atoms with Gasteiger partial charge in [0.2, 0.25) is 0 Å². The van der Waals surface area contributed by atoms with Crippen LogP contribution < -0.4 is 10.5 Å². The van der Waals surface area contributed by atoms with Gasteiger partial charge in [-0.05, 0) is 65.0 Å². The number of hydrogen-bond donors (Lipinski definition) is 1. The quantitative estimate of drug-likeness (QED) is 0.810. The molecule has 2 N–H and O–H groups in total. The van der Waals surface area contributed by atoms with Gasteiger partial charge < -0.3 is 10.5 Å². The smallest absolute Gasteiger partial charge is 0.125 e. The molecule has 19 heavy (non-hydrogen) atoms.